The van der Waals surface area contributed by atoms with Gasteiger partial charge < -0.3 is 9.29 Å². The number of ether oxygens (including phenoxy) is 1. The summed E-state index contributed by atoms with van der Waals surface area (Å²) >= 11 is -1.34. The molecule has 2 N–H and O–H groups in total. The minimum atomic E-state index is -1.34. The lowest BCUT2D eigenvalue weighted by Crippen LogP contribution is -2.62. The monoisotopic (exact) mass is 489 g/mol. The molecule has 1 aromatic rings. The number of carbonyl (C=O) groups excluding carboxylic acids is 3. The normalized spacial score (nSPS) is 27.4. The van der Waals surface area contributed by atoms with Gasteiger partial charge in [0.25, 0.3) is 0 Å². The average molecular weight is 490 g/mol. The second-order valence-electron chi connectivity index (χ2n) is 10.5. The zero-order valence-corrected chi connectivity index (χ0v) is 21.0. The van der Waals surface area contributed by atoms with Crippen molar-refractivity contribution in [2.24, 2.45) is 5.92 Å². The first kappa shape index (κ1) is 25.2. The molecule has 2 saturated heterocycles. The van der Waals surface area contributed by atoms with Crippen molar-refractivity contribution in [3.63, 3.8) is 0 Å². The zero-order valence-electron chi connectivity index (χ0n) is 20.2. The first-order valence-corrected chi connectivity index (χ1v) is 13.3. The largest absolute Gasteiger partial charge is 0.598 e. The van der Waals surface area contributed by atoms with Crippen LogP contribution < -0.4 is 10.0 Å². The van der Waals surface area contributed by atoms with Gasteiger partial charge in [-0.25, -0.2) is 4.79 Å². The number of barbiturate groups is 1. The number of nitrogens with zero attached hydrogens (tertiary/aromatic N) is 1. The minimum Gasteiger partial charge on any atom is -0.598 e. The van der Waals surface area contributed by atoms with E-state index in [1.165, 1.54) is 10.5 Å². The van der Waals surface area contributed by atoms with E-state index in [-0.39, 0.29) is 12.5 Å². The van der Waals surface area contributed by atoms with E-state index in [1.807, 2.05) is 32.9 Å². The highest BCUT2D eigenvalue weighted by Gasteiger charge is 2.47. The Balaban J connectivity index is 1.59. The van der Waals surface area contributed by atoms with Crippen LogP contribution in [0.3, 0.4) is 0 Å². The molecule has 1 unspecified atom stereocenters. The summed E-state index contributed by atoms with van der Waals surface area (Å²) in [6, 6.07) is 7.24. The van der Waals surface area contributed by atoms with E-state index in [0.717, 1.165) is 24.8 Å². The molecule has 3 atom stereocenters. The Bertz CT molecular complexity index is 943. The van der Waals surface area contributed by atoms with Gasteiger partial charge in [0.05, 0.1) is 5.54 Å². The van der Waals surface area contributed by atoms with Crippen molar-refractivity contribution in [2.75, 3.05) is 13.2 Å². The highest BCUT2D eigenvalue weighted by atomic mass is 32.2. The van der Waals surface area contributed by atoms with Gasteiger partial charge >= 0.3 is 6.03 Å². The van der Waals surface area contributed by atoms with E-state index >= 15 is 0 Å². The molecule has 0 aromatic heterocycles. The number of fused-ring (bicyclic) bond motifs is 1. The second-order valence-corrected chi connectivity index (χ2v) is 12.5. The first-order chi connectivity index (χ1) is 16.1. The van der Waals surface area contributed by atoms with Gasteiger partial charge in [0.1, 0.15) is 10.7 Å². The van der Waals surface area contributed by atoms with Crippen molar-refractivity contribution in [1.82, 2.24) is 14.9 Å². The maximum atomic E-state index is 13.4. The molecule has 2 heterocycles. The molecule has 34 heavy (non-hydrogen) atoms. The fraction of sp³-hybridized carbons (Fsp3) is 0.640. The smallest absolute Gasteiger partial charge is 0.331 e. The van der Waals surface area contributed by atoms with Crippen molar-refractivity contribution in [1.29, 1.82) is 0 Å². The van der Waals surface area contributed by atoms with Crippen LogP contribution in [0.2, 0.25) is 0 Å². The van der Waals surface area contributed by atoms with Crippen LogP contribution in [-0.4, -0.2) is 51.3 Å². The van der Waals surface area contributed by atoms with Crippen molar-refractivity contribution in [3.05, 3.63) is 35.4 Å². The summed E-state index contributed by atoms with van der Waals surface area (Å²) in [6.45, 7) is 6.75. The molecule has 0 radical (unpaired) electrons. The summed E-state index contributed by atoms with van der Waals surface area (Å²) in [5, 5.41) is 2.40. The van der Waals surface area contributed by atoms with Gasteiger partial charge in [-0.15, -0.1) is 4.72 Å². The van der Waals surface area contributed by atoms with Crippen LogP contribution in [0.5, 0.6) is 0 Å². The number of benzene rings is 1. The van der Waals surface area contributed by atoms with Crippen LogP contribution >= 0.6 is 0 Å². The zero-order chi connectivity index (χ0) is 24.5. The molecular weight excluding hydrogens is 454 g/mol. The molecule has 1 aliphatic carbocycles. The fourth-order valence-electron chi connectivity index (χ4n) is 5.23. The number of hydrogen-bond acceptors (Lipinski definition) is 6. The summed E-state index contributed by atoms with van der Waals surface area (Å²) < 4.78 is 21.5. The standard InChI is InChI=1S/C25H35N3O5S/c1-24(2,3)34(32)27-25(13-6-8-17-7-4-5-9-20(17)25)14-10-19-21(29)26-23(31)28(22(19)30)18-11-15-33-16-12-18/h4-5,7,9,18-19,27H,6,8,10-16H2,1-3H3,(H,26,29,31)/t19?,25-,34+/m1/s1. The number of urea groups is 1. The molecule has 8 nitrogen and oxygen atoms in total. The van der Waals surface area contributed by atoms with Crippen LogP contribution in [0.25, 0.3) is 0 Å². The molecule has 0 spiro atoms. The Morgan fingerprint density at radius 2 is 1.91 bits per heavy atom. The molecular formula is C25H35N3O5S. The van der Waals surface area contributed by atoms with Gasteiger partial charge in [-0.3, -0.25) is 19.8 Å². The number of aryl methyl sites for hydroxylation is 1. The molecule has 4 amide bonds. The summed E-state index contributed by atoms with van der Waals surface area (Å²) in [4.78, 5) is 39.9. The van der Waals surface area contributed by atoms with Crippen molar-refractivity contribution < 1.29 is 23.7 Å². The number of amides is 4. The van der Waals surface area contributed by atoms with Gasteiger partial charge in [0.2, 0.25) is 11.8 Å². The molecule has 3 aliphatic rings. The lowest BCUT2D eigenvalue weighted by atomic mass is 9.73. The maximum Gasteiger partial charge on any atom is 0.331 e. The molecule has 1 aromatic carbocycles. The van der Waals surface area contributed by atoms with E-state index in [0.29, 0.717) is 32.5 Å². The summed E-state index contributed by atoms with van der Waals surface area (Å²) in [5.74, 6) is -1.93. The van der Waals surface area contributed by atoms with Gasteiger partial charge in [0, 0.05) is 30.6 Å². The van der Waals surface area contributed by atoms with E-state index < -0.39 is 45.4 Å². The van der Waals surface area contributed by atoms with Gasteiger partial charge in [0.15, 0.2) is 0 Å². The summed E-state index contributed by atoms with van der Waals surface area (Å²) in [5.41, 5.74) is 1.67. The number of carbonyl (C=O) groups is 3. The van der Waals surface area contributed by atoms with Crippen LogP contribution in [0.4, 0.5) is 4.79 Å². The third-order valence-corrected chi connectivity index (χ3v) is 8.83. The Kier molecular flexibility index (Phi) is 7.38. The average Bonchev–Trinajstić information content (AvgIpc) is 2.79. The second kappa shape index (κ2) is 9.97. The van der Waals surface area contributed by atoms with Crippen molar-refractivity contribution >= 4 is 29.2 Å². The molecule has 2 aliphatic heterocycles. The summed E-state index contributed by atoms with van der Waals surface area (Å²) in [6.07, 6.45) is 4.50. The highest BCUT2D eigenvalue weighted by molar-refractivity contribution is 7.90. The number of hydrogen-bond donors (Lipinski definition) is 2. The predicted octanol–water partition coefficient (Wildman–Crippen LogP) is 2.92. The fourth-order valence-corrected chi connectivity index (χ4v) is 6.21. The number of nitrogens with one attached hydrogen (secondary N) is 2. The van der Waals surface area contributed by atoms with Crippen LogP contribution in [-0.2, 0) is 37.6 Å². The lowest BCUT2D eigenvalue weighted by Gasteiger charge is -2.42. The Labute approximate surface area is 204 Å². The Morgan fingerprint density at radius 3 is 2.62 bits per heavy atom. The van der Waals surface area contributed by atoms with E-state index in [9.17, 15) is 18.9 Å². The van der Waals surface area contributed by atoms with E-state index in [4.69, 9.17) is 4.74 Å². The highest BCUT2D eigenvalue weighted by Crippen LogP contribution is 2.41. The van der Waals surface area contributed by atoms with E-state index in [2.05, 4.69) is 22.2 Å². The molecule has 4 rings (SSSR count). The minimum absolute atomic E-state index is 0.257. The van der Waals surface area contributed by atoms with Crippen molar-refractivity contribution in [3.8, 4) is 0 Å². The first-order valence-electron chi connectivity index (χ1n) is 12.2. The Morgan fingerprint density at radius 1 is 1.21 bits per heavy atom. The van der Waals surface area contributed by atoms with Gasteiger partial charge in [-0.2, -0.15) is 0 Å². The Hall–Kier alpha value is -1.94. The topological polar surface area (TPSA) is 111 Å². The van der Waals surface area contributed by atoms with Crippen LogP contribution in [0.15, 0.2) is 24.3 Å². The molecule has 0 bridgehead atoms. The molecule has 2 fully saturated rings. The van der Waals surface area contributed by atoms with Gasteiger partial charge in [-0.05, 0) is 76.8 Å². The van der Waals surface area contributed by atoms with Crippen molar-refractivity contribution in [2.45, 2.75) is 82.0 Å². The lowest BCUT2D eigenvalue weighted by molar-refractivity contribution is -0.145. The summed E-state index contributed by atoms with van der Waals surface area (Å²) in [7, 11) is 0. The predicted molar refractivity (Wildman–Crippen MR) is 129 cm³/mol. The SMILES string of the molecule is CC(C)(C)[S@+]([O-])N[C@@]1(CCC2C(=O)NC(=O)N(C3CCOCC3)C2=O)CCCc2ccccc21. The van der Waals surface area contributed by atoms with Crippen LogP contribution in [0, 0.1) is 5.92 Å². The molecule has 0 saturated carbocycles. The van der Waals surface area contributed by atoms with Crippen LogP contribution in [0.1, 0.15) is 70.4 Å². The van der Waals surface area contributed by atoms with E-state index in [1.54, 1.807) is 0 Å². The third kappa shape index (κ3) is 5.03. The molecule has 9 heteroatoms. The number of imide groups is 2. The quantitative estimate of drug-likeness (QED) is 0.470. The number of rotatable bonds is 6. The molecule has 186 valence electrons. The van der Waals surface area contributed by atoms with Gasteiger partial charge in [-0.1, -0.05) is 24.3 Å². The maximum absolute atomic E-state index is 13.4. The third-order valence-electron chi connectivity index (χ3n) is 7.14.